The van der Waals surface area contributed by atoms with Crippen LogP contribution in [0.4, 0.5) is 8.78 Å². The quantitative estimate of drug-likeness (QED) is 0.172. The molecule has 0 bridgehead atoms. The van der Waals surface area contributed by atoms with E-state index in [0.717, 1.165) is 16.5 Å². The molecule has 11 heteroatoms. The number of nitriles is 1. The Hall–Kier alpha value is -5.16. The fourth-order valence-corrected chi connectivity index (χ4v) is 4.33. The SMILES string of the molecule is CC.Cn1c(=O)n(-c2ccc(C(C)(C)C#N)cc2)c2c3cc(-c4ccc(OCC(F)(F)[N+]#N)nc4)ccc3ncc21. The molecule has 0 aliphatic carbocycles. The van der Waals surface area contributed by atoms with Gasteiger partial charge < -0.3 is 4.74 Å². The van der Waals surface area contributed by atoms with E-state index in [1.54, 1.807) is 23.9 Å². The highest BCUT2D eigenvalue weighted by molar-refractivity contribution is 6.04. The largest absolute Gasteiger partial charge is 0.647 e. The van der Waals surface area contributed by atoms with Gasteiger partial charge in [-0.25, -0.2) is 9.78 Å². The molecule has 0 fully saturated rings. The molecule has 208 valence electrons. The molecule has 0 saturated carbocycles. The second-order valence-electron chi connectivity index (χ2n) is 9.62. The molecule has 0 radical (unpaired) electrons. The maximum atomic E-state index is 13.4. The van der Waals surface area contributed by atoms with E-state index in [4.69, 9.17) is 10.1 Å². The number of halogens is 2. The zero-order chi connectivity index (χ0) is 29.9. The van der Waals surface area contributed by atoms with Crippen LogP contribution in [-0.4, -0.2) is 31.8 Å². The molecule has 5 rings (SSSR count). The van der Waals surface area contributed by atoms with Gasteiger partial charge in [0, 0.05) is 30.3 Å². The number of imidazole rings is 1. The minimum Gasteiger partial charge on any atom is -0.462 e. The highest BCUT2D eigenvalue weighted by Crippen LogP contribution is 2.31. The Morgan fingerprint density at radius 2 is 1.68 bits per heavy atom. The summed E-state index contributed by atoms with van der Waals surface area (Å²) in [7, 11) is 1.68. The number of hydrogen-bond donors (Lipinski definition) is 0. The summed E-state index contributed by atoms with van der Waals surface area (Å²) in [5.74, 6) is -0.0492. The van der Waals surface area contributed by atoms with Crippen LogP contribution in [0.2, 0.25) is 0 Å². The Kier molecular flexibility index (Phi) is 7.84. The van der Waals surface area contributed by atoms with Crippen molar-refractivity contribution in [1.82, 2.24) is 19.1 Å². The Morgan fingerprint density at radius 3 is 2.29 bits per heavy atom. The number of nitrogens with zero attached hydrogens (tertiary/aromatic N) is 7. The summed E-state index contributed by atoms with van der Waals surface area (Å²) in [5, 5.41) is 18.5. The molecular weight excluding hydrogens is 528 g/mol. The molecule has 3 aromatic heterocycles. The van der Waals surface area contributed by atoms with Gasteiger partial charge in [-0.15, -0.1) is 8.78 Å². The van der Waals surface area contributed by atoms with Crippen molar-refractivity contribution < 1.29 is 13.5 Å². The summed E-state index contributed by atoms with van der Waals surface area (Å²) >= 11 is 0. The molecule has 0 aliphatic heterocycles. The minimum atomic E-state index is -3.73. The molecule has 0 atom stereocenters. The fourth-order valence-electron chi connectivity index (χ4n) is 4.33. The van der Waals surface area contributed by atoms with Crippen molar-refractivity contribution >= 4 is 21.9 Å². The predicted molar refractivity (Wildman–Crippen MR) is 153 cm³/mol. The number of diazo groups is 1. The molecule has 9 nitrogen and oxygen atoms in total. The van der Waals surface area contributed by atoms with E-state index < -0.39 is 18.1 Å². The number of rotatable bonds is 6. The maximum Gasteiger partial charge on any atom is 0.647 e. The van der Waals surface area contributed by atoms with Gasteiger partial charge in [-0.1, -0.05) is 32.0 Å². The lowest BCUT2D eigenvalue weighted by molar-refractivity contribution is -0.00129. The third-order valence-electron chi connectivity index (χ3n) is 6.62. The van der Waals surface area contributed by atoms with E-state index in [1.165, 1.54) is 16.8 Å². The average molecular weight is 557 g/mol. The van der Waals surface area contributed by atoms with Crippen LogP contribution in [0.5, 0.6) is 5.88 Å². The van der Waals surface area contributed by atoms with Gasteiger partial charge in [0.25, 0.3) is 0 Å². The first-order valence-corrected chi connectivity index (χ1v) is 12.9. The zero-order valence-electron chi connectivity index (χ0n) is 23.3. The number of ether oxygens (including phenoxy) is 1. The van der Waals surface area contributed by atoms with Crippen LogP contribution in [0.1, 0.15) is 33.3 Å². The number of fused-ring (bicyclic) bond motifs is 3. The molecule has 0 spiro atoms. The van der Waals surface area contributed by atoms with Crippen molar-refractivity contribution in [3.63, 3.8) is 0 Å². The minimum absolute atomic E-state index is 0.0492. The molecule has 0 N–H and O–H groups in total. The summed E-state index contributed by atoms with van der Waals surface area (Å²) in [5.41, 5.74) is 4.02. The highest BCUT2D eigenvalue weighted by Gasteiger charge is 2.46. The molecule has 0 aliphatic rings. The van der Waals surface area contributed by atoms with Crippen LogP contribution >= 0.6 is 0 Å². The van der Waals surface area contributed by atoms with Crippen molar-refractivity contribution in [2.24, 2.45) is 7.05 Å². The normalized spacial score (nSPS) is 11.4. The van der Waals surface area contributed by atoms with Gasteiger partial charge in [0.2, 0.25) is 22.9 Å². The monoisotopic (exact) mass is 556 g/mol. The third kappa shape index (κ3) is 5.48. The smallest absolute Gasteiger partial charge is 0.462 e. The second-order valence-corrected chi connectivity index (χ2v) is 9.62. The average Bonchev–Trinajstić information content (AvgIpc) is 3.27. The Balaban J connectivity index is 0.00000189. The van der Waals surface area contributed by atoms with Crippen molar-refractivity contribution in [3.8, 4) is 28.8 Å². The van der Waals surface area contributed by atoms with Gasteiger partial charge >= 0.3 is 11.7 Å². The number of pyridine rings is 2. The van der Waals surface area contributed by atoms with Gasteiger partial charge in [0.05, 0.1) is 39.9 Å². The molecule has 5 aromatic rings. The summed E-state index contributed by atoms with van der Waals surface area (Å²) in [6.45, 7) is 6.52. The topological polar surface area (TPSA) is 114 Å². The van der Waals surface area contributed by atoms with E-state index in [9.17, 15) is 18.8 Å². The van der Waals surface area contributed by atoms with Crippen molar-refractivity contribution in [2.45, 2.75) is 39.2 Å². The lowest BCUT2D eigenvalue weighted by Gasteiger charge is -2.16. The van der Waals surface area contributed by atoms with Gasteiger partial charge in [-0.2, -0.15) is 5.26 Å². The number of hydrogen-bond acceptors (Lipinski definition) is 6. The van der Waals surface area contributed by atoms with E-state index in [0.29, 0.717) is 27.8 Å². The van der Waals surface area contributed by atoms with E-state index in [2.05, 4.69) is 16.0 Å². The first-order chi connectivity index (χ1) is 19.5. The second kappa shape index (κ2) is 11.1. The van der Waals surface area contributed by atoms with Crippen LogP contribution in [-0.2, 0) is 12.5 Å². The number of aromatic nitrogens is 4. The van der Waals surface area contributed by atoms with Crippen LogP contribution in [0.15, 0.2) is 71.8 Å². The lowest BCUT2D eigenvalue weighted by Crippen LogP contribution is -2.21. The Bertz CT molecular complexity index is 1860. The Morgan fingerprint density at radius 1 is 1.00 bits per heavy atom. The number of alkyl halides is 2. The molecule has 3 heterocycles. The van der Waals surface area contributed by atoms with Crippen molar-refractivity contribution in [2.75, 3.05) is 6.61 Å². The number of aryl methyl sites for hydroxylation is 1. The summed E-state index contributed by atoms with van der Waals surface area (Å²) < 4.78 is 34.3. The lowest BCUT2D eigenvalue weighted by atomic mass is 9.86. The predicted octanol–water partition coefficient (Wildman–Crippen LogP) is 6.59. The van der Waals surface area contributed by atoms with Gasteiger partial charge in [0.1, 0.15) is 0 Å². The first-order valence-electron chi connectivity index (χ1n) is 12.9. The first kappa shape index (κ1) is 28.8. The van der Waals surface area contributed by atoms with Crippen LogP contribution in [0, 0.1) is 16.7 Å². The number of benzene rings is 2. The maximum absolute atomic E-state index is 13.4. The summed E-state index contributed by atoms with van der Waals surface area (Å²) in [4.78, 5) is 24.0. The summed E-state index contributed by atoms with van der Waals surface area (Å²) in [6.07, 6.45) is 3.14. The fraction of sp³-hybridized carbons (Fsp3) is 0.267. The third-order valence-corrected chi connectivity index (χ3v) is 6.62. The van der Waals surface area contributed by atoms with E-state index in [1.807, 2.05) is 75.1 Å². The molecule has 41 heavy (non-hydrogen) atoms. The molecular formula is C30H28F2N7O2+. The highest BCUT2D eigenvalue weighted by atomic mass is 19.3. The molecule has 2 aromatic carbocycles. The van der Waals surface area contributed by atoms with Crippen LogP contribution in [0.25, 0.3) is 43.7 Å². The van der Waals surface area contributed by atoms with Gasteiger partial charge in [-0.3, -0.25) is 14.1 Å². The van der Waals surface area contributed by atoms with E-state index in [-0.39, 0.29) is 11.6 Å². The molecule has 0 saturated heterocycles. The van der Waals surface area contributed by atoms with Crippen LogP contribution < -0.4 is 10.4 Å². The standard InChI is InChI=1S/C28H22F2N7O2.C2H6/c1-27(2,15-31)19-6-8-20(9-7-19)37-25-21-12-17(4-10-22(21)33-14-23(25)36(3)26(37)38)18-5-11-24(34-13-18)39-16-28(29,30)35-32;1-2/h4-14H,16H2,1-3H3;1-2H3/q+1;. The Labute approximate surface area is 234 Å². The van der Waals surface area contributed by atoms with Gasteiger partial charge in [-0.05, 0) is 55.3 Å². The zero-order valence-corrected chi connectivity index (χ0v) is 23.3. The van der Waals surface area contributed by atoms with E-state index >= 15 is 0 Å². The molecule has 0 unspecified atom stereocenters. The van der Waals surface area contributed by atoms with Gasteiger partial charge in [0.15, 0.2) is 0 Å². The molecule has 0 amide bonds. The summed E-state index contributed by atoms with van der Waals surface area (Å²) in [6, 6.07) is 14.6. The van der Waals surface area contributed by atoms with Crippen molar-refractivity contribution in [1.29, 1.82) is 10.7 Å². The van der Waals surface area contributed by atoms with Crippen molar-refractivity contribution in [3.05, 3.63) is 88.0 Å². The van der Waals surface area contributed by atoms with Crippen LogP contribution in [0.3, 0.4) is 0 Å².